The summed E-state index contributed by atoms with van der Waals surface area (Å²) in [5.41, 5.74) is -0.457. The van der Waals surface area contributed by atoms with Crippen LogP contribution in [0.4, 0.5) is 0 Å². The van der Waals surface area contributed by atoms with Crippen LogP contribution in [-0.4, -0.2) is 47.2 Å². The maximum absolute atomic E-state index is 9.87. The van der Waals surface area contributed by atoms with Crippen LogP contribution in [0.1, 0.15) is 71.1 Å². The van der Waals surface area contributed by atoms with Crippen LogP contribution >= 0.6 is 12.6 Å². The third-order valence-corrected chi connectivity index (χ3v) is 4.70. The van der Waals surface area contributed by atoms with Gasteiger partial charge in [-0.05, 0) is 6.42 Å². The van der Waals surface area contributed by atoms with Gasteiger partial charge in [0.15, 0.2) is 0 Å². The van der Waals surface area contributed by atoms with E-state index >= 15 is 0 Å². The number of hydrogen-bond donors (Lipinski definition) is 3. The van der Waals surface area contributed by atoms with E-state index in [0.29, 0.717) is 6.61 Å². The number of aliphatic hydroxyl groups is 2. The first-order valence-electron chi connectivity index (χ1n) is 8.94. The predicted octanol–water partition coefficient (Wildman–Crippen LogP) is 3.30. The molecule has 1 rings (SSSR count). The van der Waals surface area contributed by atoms with E-state index < -0.39 is 23.7 Å². The SMILES string of the molecule is CCCCCCCCCCCCO[C@@H]1[C@@H](O)[C@H](O)CO[C@H]1S. The highest BCUT2D eigenvalue weighted by molar-refractivity contribution is 7.80. The van der Waals surface area contributed by atoms with E-state index in [-0.39, 0.29) is 6.61 Å². The number of aliphatic hydroxyl groups excluding tert-OH is 2. The summed E-state index contributed by atoms with van der Waals surface area (Å²) in [5.74, 6) is 0. The van der Waals surface area contributed by atoms with Gasteiger partial charge >= 0.3 is 0 Å². The van der Waals surface area contributed by atoms with E-state index in [9.17, 15) is 10.2 Å². The molecule has 1 fully saturated rings. The lowest BCUT2D eigenvalue weighted by Gasteiger charge is -2.35. The van der Waals surface area contributed by atoms with Gasteiger partial charge in [-0.3, -0.25) is 0 Å². The topological polar surface area (TPSA) is 58.9 Å². The Labute approximate surface area is 141 Å². The van der Waals surface area contributed by atoms with Crippen molar-refractivity contribution in [3.63, 3.8) is 0 Å². The van der Waals surface area contributed by atoms with Gasteiger partial charge in [-0.2, -0.15) is 0 Å². The van der Waals surface area contributed by atoms with Crippen LogP contribution in [0.3, 0.4) is 0 Å². The van der Waals surface area contributed by atoms with Gasteiger partial charge in [0.2, 0.25) is 0 Å². The van der Waals surface area contributed by atoms with Crippen molar-refractivity contribution >= 4 is 12.6 Å². The van der Waals surface area contributed by atoms with Gasteiger partial charge in [0, 0.05) is 6.61 Å². The van der Waals surface area contributed by atoms with Gasteiger partial charge in [-0.15, -0.1) is 12.6 Å². The maximum atomic E-state index is 9.87. The minimum atomic E-state index is -0.903. The molecule has 5 heteroatoms. The monoisotopic (exact) mass is 334 g/mol. The minimum Gasteiger partial charge on any atom is -0.388 e. The van der Waals surface area contributed by atoms with Crippen molar-refractivity contribution in [2.75, 3.05) is 13.2 Å². The molecule has 2 N–H and O–H groups in total. The second-order valence-corrected chi connectivity index (χ2v) is 6.81. The fraction of sp³-hybridized carbons (Fsp3) is 1.00. The molecule has 4 nitrogen and oxygen atoms in total. The molecule has 0 aromatic rings. The highest BCUT2D eigenvalue weighted by Crippen LogP contribution is 2.21. The quantitative estimate of drug-likeness (QED) is 0.379. The molecular weight excluding hydrogens is 300 g/mol. The first-order chi connectivity index (χ1) is 10.7. The fourth-order valence-electron chi connectivity index (χ4n) is 2.77. The summed E-state index contributed by atoms with van der Waals surface area (Å²) in [6, 6.07) is 0. The van der Waals surface area contributed by atoms with Crippen LogP contribution < -0.4 is 0 Å². The van der Waals surface area contributed by atoms with E-state index in [1.54, 1.807) is 0 Å². The third kappa shape index (κ3) is 8.16. The Kier molecular flexibility index (Phi) is 11.6. The third-order valence-electron chi connectivity index (χ3n) is 4.26. The van der Waals surface area contributed by atoms with Crippen LogP contribution in [-0.2, 0) is 9.47 Å². The summed E-state index contributed by atoms with van der Waals surface area (Å²) in [6.07, 6.45) is 10.5. The second kappa shape index (κ2) is 12.6. The maximum Gasteiger partial charge on any atom is 0.129 e. The Morgan fingerprint density at radius 3 is 2.09 bits per heavy atom. The molecule has 1 aliphatic heterocycles. The van der Waals surface area contributed by atoms with Crippen molar-refractivity contribution in [3.05, 3.63) is 0 Å². The molecule has 1 saturated heterocycles. The fourth-order valence-corrected chi connectivity index (χ4v) is 3.12. The van der Waals surface area contributed by atoms with Gasteiger partial charge < -0.3 is 19.7 Å². The molecule has 1 heterocycles. The Balaban J connectivity index is 1.92. The zero-order chi connectivity index (χ0) is 16.2. The van der Waals surface area contributed by atoms with Crippen molar-refractivity contribution in [1.29, 1.82) is 0 Å². The number of thiol groups is 1. The minimum absolute atomic E-state index is 0.119. The first-order valence-corrected chi connectivity index (χ1v) is 9.46. The zero-order valence-electron chi connectivity index (χ0n) is 14.0. The molecule has 0 aliphatic carbocycles. The Hall–Kier alpha value is 0.190. The summed E-state index contributed by atoms with van der Waals surface area (Å²) >= 11 is 4.24. The summed E-state index contributed by atoms with van der Waals surface area (Å²) in [6.45, 7) is 2.95. The van der Waals surface area contributed by atoms with Crippen molar-refractivity contribution < 1.29 is 19.7 Å². The van der Waals surface area contributed by atoms with Crippen LogP contribution in [0.5, 0.6) is 0 Å². The van der Waals surface area contributed by atoms with E-state index in [0.717, 1.165) is 12.8 Å². The molecule has 0 unspecified atom stereocenters. The van der Waals surface area contributed by atoms with Gasteiger partial charge in [0.1, 0.15) is 23.7 Å². The standard InChI is InChI=1S/C17H34O4S/c1-2-3-4-5-6-7-8-9-10-11-12-20-16-15(19)14(18)13-21-17(16)22/h14-19,22H,2-13H2,1H3/t14-,15+,16-,17+/m1/s1. The predicted molar refractivity (Wildman–Crippen MR) is 92.3 cm³/mol. The van der Waals surface area contributed by atoms with Gasteiger partial charge in [0.25, 0.3) is 0 Å². The number of rotatable bonds is 12. The number of ether oxygens (including phenoxy) is 2. The molecule has 0 spiro atoms. The molecule has 0 aromatic heterocycles. The molecule has 0 bridgehead atoms. The van der Waals surface area contributed by atoms with Gasteiger partial charge in [-0.25, -0.2) is 0 Å². The van der Waals surface area contributed by atoms with E-state index in [2.05, 4.69) is 19.6 Å². The highest BCUT2D eigenvalue weighted by Gasteiger charge is 2.37. The Bertz CT molecular complexity index is 265. The number of hydrogen-bond acceptors (Lipinski definition) is 5. The molecule has 0 saturated carbocycles. The normalized spacial score (nSPS) is 28.9. The van der Waals surface area contributed by atoms with E-state index in [1.165, 1.54) is 51.4 Å². The largest absolute Gasteiger partial charge is 0.388 e. The summed E-state index contributed by atoms with van der Waals surface area (Å²) in [5, 5.41) is 19.4. The van der Waals surface area contributed by atoms with Crippen LogP contribution in [0.15, 0.2) is 0 Å². The molecule has 0 aromatic carbocycles. The molecule has 4 atom stereocenters. The Morgan fingerprint density at radius 2 is 1.50 bits per heavy atom. The molecule has 0 radical (unpaired) electrons. The lowest BCUT2D eigenvalue weighted by Crippen LogP contribution is -2.52. The van der Waals surface area contributed by atoms with Crippen molar-refractivity contribution in [3.8, 4) is 0 Å². The lowest BCUT2D eigenvalue weighted by molar-refractivity contribution is -0.180. The highest BCUT2D eigenvalue weighted by atomic mass is 32.1. The number of unbranched alkanes of at least 4 members (excludes halogenated alkanes) is 9. The van der Waals surface area contributed by atoms with Gasteiger partial charge in [0.05, 0.1) is 6.61 Å². The Morgan fingerprint density at radius 1 is 0.955 bits per heavy atom. The van der Waals surface area contributed by atoms with E-state index in [1.807, 2.05) is 0 Å². The van der Waals surface area contributed by atoms with Crippen LogP contribution in [0.25, 0.3) is 0 Å². The van der Waals surface area contributed by atoms with Crippen molar-refractivity contribution in [2.45, 2.75) is 94.9 Å². The summed E-state index contributed by atoms with van der Waals surface area (Å²) < 4.78 is 10.9. The molecule has 22 heavy (non-hydrogen) atoms. The second-order valence-electron chi connectivity index (χ2n) is 6.30. The molecular formula is C17H34O4S. The molecule has 132 valence electrons. The molecule has 1 aliphatic rings. The average molecular weight is 335 g/mol. The first kappa shape index (κ1) is 20.2. The lowest BCUT2D eigenvalue weighted by atomic mass is 10.1. The van der Waals surface area contributed by atoms with Crippen molar-refractivity contribution in [1.82, 2.24) is 0 Å². The summed E-state index contributed by atoms with van der Waals surface area (Å²) in [4.78, 5) is 0. The zero-order valence-corrected chi connectivity index (χ0v) is 14.8. The summed E-state index contributed by atoms with van der Waals surface area (Å²) in [7, 11) is 0. The van der Waals surface area contributed by atoms with Crippen LogP contribution in [0, 0.1) is 0 Å². The van der Waals surface area contributed by atoms with Crippen LogP contribution in [0.2, 0.25) is 0 Å². The van der Waals surface area contributed by atoms with Gasteiger partial charge in [-0.1, -0.05) is 64.7 Å². The van der Waals surface area contributed by atoms with Crippen molar-refractivity contribution in [2.24, 2.45) is 0 Å². The smallest absolute Gasteiger partial charge is 0.129 e. The van der Waals surface area contributed by atoms with E-state index in [4.69, 9.17) is 9.47 Å². The average Bonchev–Trinajstić information content (AvgIpc) is 2.51. The molecule has 0 amide bonds.